The maximum Gasteiger partial charge on any atom is 0.254 e. The number of fused-ring (bicyclic) bond motifs is 3. The van der Waals surface area contributed by atoms with E-state index in [0.29, 0.717) is 50.0 Å². The van der Waals surface area contributed by atoms with Crippen LogP contribution in [0.5, 0.6) is 0 Å². The van der Waals surface area contributed by atoms with E-state index < -0.39 is 5.60 Å². The molecule has 25 heavy (non-hydrogen) atoms. The summed E-state index contributed by atoms with van der Waals surface area (Å²) in [5.74, 6) is -0.158. The molecule has 0 aromatic heterocycles. The van der Waals surface area contributed by atoms with Gasteiger partial charge in [-0.1, -0.05) is 17.7 Å². The van der Waals surface area contributed by atoms with Crippen molar-refractivity contribution >= 4 is 17.5 Å². The molecule has 3 aliphatic heterocycles. The Hall–Kier alpha value is -1.14. The van der Waals surface area contributed by atoms with Gasteiger partial charge in [-0.3, -0.25) is 4.79 Å². The Morgan fingerprint density at radius 3 is 2.92 bits per heavy atom. The molecule has 1 N–H and O–H groups in total. The van der Waals surface area contributed by atoms with Gasteiger partial charge in [0, 0.05) is 54.6 Å². The van der Waals surface area contributed by atoms with Crippen molar-refractivity contribution in [3.8, 4) is 0 Å². The van der Waals surface area contributed by atoms with E-state index in [4.69, 9.17) is 21.1 Å². The highest BCUT2D eigenvalue weighted by atomic mass is 35.5. The molecule has 0 bridgehead atoms. The summed E-state index contributed by atoms with van der Waals surface area (Å²) < 4.78 is 11.3. The first-order valence-electron chi connectivity index (χ1n) is 8.95. The molecule has 0 radical (unpaired) electrons. The summed E-state index contributed by atoms with van der Waals surface area (Å²) in [6.07, 6.45) is 1.37. The summed E-state index contributed by atoms with van der Waals surface area (Å²) in [6.45, 7) is 4.61. The molecule has 1 aromatic carbocycles. The monoisotopic (exact) mass is 365 g/mol. The highest BCUT2D eigenvalue weighted by molar-refractivity contribution is 6.31. The Kier molecular flexibility index (Phi) is 4.52. The minimum atomic E-state index is -0.801. The predicted octanol–water partition coefficient (Wildman–Crippen LogP) is 2.28. The number of ether oxygens (including phenoxy) is 2. The van der Waals surface area contributed by atoms with Crippen molar-refractivity contribution in [3.63, 3.8) is 0 Å². The first kappa shape index (κ1) is 17.3. The third kappa shape index (κ3) is 2.87. The van der Waals surface area contributed by atoms with Gasteiger partial charge in [-0.25, -0.2) is 0 Å². The number of carbonyl (C=O) groups is 1. The van der Waals surface area contributed by atoms with E-state index in [0.717, 1.165) is 12.0 Å². The van der Waals surface area contributed by atoms with Gasteiger partial charge in [-0.15, -0.1) is 0 Å². The van der Waals surface area contributed by atoms with Crippen LogP contribution >= 0.6 is 11.6 Å². The van der Waals surface area contributed by atoms with Crippen molar-refractivity contribution in [2.45, 2.75) is 31.4 Å². The zero-order chi connectivity index (χ0) is 17.6. The lowest BCUT2D eigenvalue weighted by atomic mass is 9.66. The quantitative estimate of drug-likeness (QED) is 0.829. The van der Waals surface area contributed by atoms with Gasteiger partial charge >= 0.3 is 0 Å². The summed E-state index contributed by atoms with van der Waals surface area (Å²) in [5, 5.41) is 11.9. The molecule has 0 aliphatic carbocycles. The van der Waals surface area contributed by atoms with Crippen molar-refractivity contribution in [1.29, 1.82) is 0 Å². The standard InChI is InChI=1S/C19H24ClNO4/c1-12-2-3-13(8-16(12)20)18(22)21-9-14-10-25-7-5-19(14,23)15-11-24-6-4-17(15)21/h2-3,8,14-15,17,23H,4-7,9-11H2,1H3/t14-,15+,17-,19-/m1/s1. The fraction of sp³-hybridized carbons (Fsp3) is 0.632. The van der Waals surface area contributed by atoms with Gasteiger partial charge in [0.15, 0.2) is 0 Å². The van der Waals surface area contributed by atoms with Gasteiger partial charge in [0.1, 0.15) is 0 Å². The fourth-order valence-corrected chi connectivity index (χ4v) is 4.76. The number of likely N-dealkylation sites (tertiary alicyclic amines) is 1. The van der Waals surface area contributed by atoms with Gasteiger partial charge in [-0.2, -0.15) is 0 Å². The van der Waals surface area contributed by atoms with Gasteiger partial charge in [-0.05, 0) is 31.0 Å². The number of amides is 1. The number of benzene rings is 1. The molecule has 0 spiro atoms. The van der Waals surface area contributed by atoms with E-state index in [-0.39, 0.29) is 23.8 Å². The van der Waals surface area contributed by atoms with Crippen LogP contribution in [0.25, 0.3) is 0 Å². The van der Waals surface area contributed by atoms with E-state index >= 15 is 0 Å². The largest absolute Gasteiger partial charge is 0.389 e. The smallest absolute Gasteiger partial charge is 0.254 e. The third-order valence-electron chi connectivity index (χ3n) is 6.13. The molecule has 3 aliphatic rings. The summed E-state index contributed by atoms with van der Waals surface area (Å²) in [4.78, 5) is 15.1. The first-order chi connectivity index (χ1) is 12.0. The molecule has 0 unspecified atom stereocenters. The van der Waals surface area contributed by atoms with E-state index in [1.54, 1.807) is 6.07 Å². The Morgan fingerprint density at radius 2 is 2.12 bits per heavy atom. The summed E-state index contributed by atoms with van der Waals surface area (Å²) in [7, 11) is 0. The molecular weight excluding hydrogens is 342 g/mol. The number of hydrogen-bond acceptors (Lipinski definition) is 4. The maximum absolute atomic E-state index is 13.2. The topological polar surface area (TPSA) is 59.0 Å². The second-order valence-electron chi connectivity index (χ2n) is 7.47. The second kappa shape index (κ2) is 6.54. The molecule has 3 saturated heterocycles. The SMILES string of the molecule is Cc1ccc(C(=O)N2C[C@@H]3COCC[C@]3(O)[C@H]3COCC[C@H]32)cc1Cl. The molecule has 4 atom stereocenters. The Morgan fingerprint density at radius 1 is 1.32 bits per heavy atom. The summed E-state index contributed by atoms with van der Waals surface area (Å²) in [5.41, 5.74) is 0.754. The number of carbonyl (C=O) groups excluding carboxylic acids is 1. The minimum Gasteiger partial charge on any atom is -0.389 e. The number of nitrogens with zero attached hydrogens (tertiary/aromatic N) is 1. The van der Waals surface area contributed by atoms with Crippen LogP contribution in [0.2, 0.25) is 5.02 Å². The van der Waals surface area contributed by atoms with E-state index in [1.807, 2.05) is 24.0 Å². The number of halogens is 1. The maximum atomic E-state index is 13.2. The number of hydrogen-bond donors (Lipinski definition) is 1. The number of piperidine rings is 1. The Labute approximate surface area is 152 Å². The van der Waals surface area contributed by atoms with Crippen LogP contribution in [-0.4, -0.2) is 60.5 Å². The number of rotatable bonds is 1. The highest BCUT2D eigenvalue weighted by Crippen LogP contribution is 2.44. The molecule has 0 saturated carbocycles. The normalized spacial score (nSPS) is 35.0. The van der Waals surface area contributed by atoms with Crippen LogP contribution < -0.4 is 0 Å². The summed E-state index contributed by atoms with van der Waals surface area (Å²) >= 11 is 6.22. The van der Waals surface area contributed by atoms with E-state index in [2.05, 4.69) is 0 Å². The van der Waals surface area contributed by atoms with Crippen molar-refractivity contribution < 1.29 is 19.4 Å². The minimum absolute atomic E-state index is 0.000628. The lowest BCUT2D eigenvalue weighted by Gasteiger charge is -2.57. The van der Waals surface area contributed by atoms with Crippen LogP contribution in [0.3, 0.4) is 0 Å². The number of aliphatic hydroxyl groups is 1. The molecule has 1 amide bonds. The van der Waals surface area contributed by atoms with Gasteiger partial charge in [0.2, 0.25) is 0 Å². The van der Waals surface area contributed by atoms with Crippen LogP contribution in [0.15, 0.2) is 18.2 Å². The molecule has 3 fully saturated rings. The molecule has 4 rings (SSSR count). The lowest BCUT2D eigenvalue weighted by Crippen LogP contribution is -2.68. The van der Waals surface area contributed by atoms with Crippen molar-refractivity contribution in [1.82, 2.24) is 4.90 Å². The van der Waals surface area contributed by atoms with E-state index in [9.17, 15) is 9.90 Å². The van der Waals surface area contributed by atoms with Crippen molar-refractivity contribution in [3.05, 3.63) is 34.3 Å². The van der Waals surface area contributed by atoms with Crippen LogP contribution in [0.1, 0.15) is 28.8 Å². The Balaban J connectivity index is 1.66. The average Bonchev–Trinajstić information content (AvgIpc) is 2.63. The number of aryl methyl sites for hydroxylation is 1. The van der Waals surface area contributed by atoms with Crippen molar-refractivity contribution in [2.24, 2.45) is 11.8 Å². The molecule has 1 aromatic rings. The van der Waals surface area contributed by atoms with E-state index in [1.165, 1.54) is 0 Å². The lowest BCUT2D eigenvalue weighted by molar-refractivity contribution is -0.212. The molecule has 136 valence electrons. The van der Waals surface area contributed by atoms with Crippen LogP contribution in [0.4, 0.5) is 0 Å². The van der Waals surface area contributed by atoms with Crippen LogP contribution in [0, 0.1) is 18.8 Å². The third-order valence-corrected chi connectivity index (χ3v) is 6.54. The molecule has 5 nitrogen and oxygen atoms in total. The zero-order valence-electron chi connectivity index (χ0n) is 14.4. The highest BCUT2D eigenvalue weighted by Gasteiger charge is 2.56. The second-order valence-corrected chi connectivity index (χ2v) is 7.88. The van der Waals surface area contributed by atoms with Gasteiger partial charge in [0.05, 0.1) is 18.8 Å². The fourth-order valence-electron chi connectivity index (χ4n) is 4.58. The Bertz CT molecular complexity index is 681. The van der Waals surface area contributed by atoms with Crippen molar-refractivity contribution in [2.75, 3.05) is 33.0 Å². The molecule has 6 heteroatoms. The first-order valence-corrected chi connectivity index (χ1v) is 9.33. The van der Waals surface area contributed by atoms with Gasteiger partial charge < -0.3 is 19.5 Å². The molecule has 3 heterocycles. The predicted molar refractivity (Wildman–Crippen MR) is 93.8 cm³/mol. The summed E-state index contributed by atoms with van der Waals surface area (Å²) in [6, 6.07) is 5.45. The van der Waals surface area contributed by atoms with Gasteiger partial charge in [0.25, 0.3) is 5.91 Å². The zero-order valence-corrected chi connectivity index (χ0v) is 15.2. The average molecular weight is 366 g/mol. The van der Waals surface area contributed by atoms with Crippen LogP contribution in [-0.2, 0) is 9.47 Å². The molecular formula is C19H24ClNO4.